The van der Waals surface area contributed by atoms with Crippen molar-refractivity contribution in [2.24, 2.45) is 5.92 Å². The molecule has 0 bridgehead atoms. The van der Waals surface area contributed by atoms with E-state index in [2.05, 4.69) is 0 Å². The zero-order valence-corrected chi connectivity index (χ0v) is 18.8. The highest BCUT2D eigenvalue weighted by molar-refractivity contribution is 7.89. The van der Waals surface area contributed by atoms with Crippen LogP contribution in [-0.4, -0.2) is 42.8 Å². The Hall–Kier alpha value is -2.46. The van der Waals surface area contributed by atoms with Crippen molar-refractivity contribution in [1.82, 2.24) is 9.21 Å². The van der Waals surface area contributed by atoms with Gasteiger partial charge in [-0.2, -0.15) is 17.5 Å². The first-order chi connectivity index (χ1) is 15.5. The van der Waals surface area contributed by atoms with Crippen LogP contribution in [0.5, 0.6) is 0 Å². The van der Waals surface area contributed by atoms with Gasteiger partial charge in [0.1, 0.15) is 11.9 Å². The molecule has 1 saturated carbocycles. The second kappa shape index (κ2) is 8.72. The molecular formula is C23H24F4N2O3S. The standard InChI is InChI=1S/C23H24F4N2O3S/c1-2-29(21(23(25,26)27)16-5-8-19(24)9-6-16)33(31,32)20-10-7-15-11-12-28(14-18(15)13-20)22(30)17-3-4-17/h5-10,13,17,21H,2-4,11-12,14H2,1H3/t21-/m1/s1. The molecule has 1 heterocycles. The number of carbonyl (C=O) groups is 1. The number of sulfonamides is 1. The molecule has 178 valence electrons. The Morgan fingerprint density at radius 3 is 2.36 bits per heavy atom. The molecule has 1 fully saturated rings. The molecule has 10 heteroatoms. The monoisotopic (exact) mass is 484 g/mol. The first-order valence-electron chi connectivity index (χ1n) is 10.8. The maximum atomic E-state index is 14.0. The van der Waals surface area contributed by atoms with Crippen molar-refractivity contribution in [2.75, 3.05) is 13.1 Å². The van der Waals surface area contributed by atoms with Crippen molar-refractivity contribution in [2.45, 2.75) is 49.8 Å². The lowest BCUT2D eigenvalue weighted by Crippen LogP contribution is -2.42. The van der Waals surface area contributed by atoms with E-state index in [-0.39, 0.29) is 28.8 Å². The van der Waals surface area contributed by atoms with Crippen molar-refractivity contribution < 1.29 is 30.8 Å². The van der Waals surface area contributed by atoms with Crippen LogP contribution in [0.4, 0.5) is 17.6 Å². The number of benzene rings is 2. The van der Waals surface area contributed by atoms with Gasteiger partial charge in [0.2, 0.25) is 15.9 Å². The summed E-state index contributed by atoms with van der Waals surface area (Å²) in [7, 11) is -4.55. The summed E-state index contributed by atoms with van der Waals surface area (Å²) in [5.74, 6) is -0.652. The largest absolute Gasteiger partial charge is 0.409 e. The second-order valence-electron chi connectivity index (χ2n) is 8.42. The molecule has 2 aliphatic rings. The van der Waals surface area contributed by atoms with E-state index in [1.54, 1.807) is 11.0 Å². The summed E-state index contributed by atoms with van der Waals surface area (Å²) < 4.78 is 82.6. The Bertz CT molecular complexity index is 1150. The van der Waals surface area contributed by atoms with Gasteiger partial charge < -0.3 is 4.90 Å². The van der Waals surface area contributed by atoms with Gasteiger partial charge in [-0.05, 0) is 60.2 Å². The number of fused-ring (bicyclic) bond motifs is 1. The molecule has 0 unspecified atom stereocenters. The van der Waals surface area contributed by atoms with Gasteiger partial charge in [0, 0.05) is 25.6 Å². The van der Waals surface area contributed by atoms with E-state index in [4.69, 9.17) is 0 Å². The molecule has 1 atom stereocenters. The zero-order chi connectivity index (χ0) is 24.0. The molecule has 0 aromatic heterocycles. The van der Waals surface area contributed by atoms with Gasteiger partial charge in [-0.3, -0.25) is 4.79 Å². The first kappa shape index (κ1) is 23.7. The van der Waals surface area contributed by atoms with Crippen molar-refractivity contribution in [3.63, 3.8) is 0 Å². The number of carbonyl (C=O) groups excluding carboxylic acids is 1. The minimum absolute atomic E-state index is 0.0253. The third kappa shape index (κ3) is 4.77. The van der Waals surface area contributed by atoms with E-state index in [1.165, 1.54) is 19.1 Å². The Kier molecular flexibility index (Phi) is 6.26. The Labute approximate surface area is 190 Å². The summed E-state index contributed by atoms with van der Waals surface area (Å²) in [6.45, 7) is 1.67. The maximum Gasteiger partial charge on any atom is 0.409 e. The van der Waals surface area contributed by atoms with Crippen LogP contribution in [0.15, 0.2) is 47.4 Å². The Morgan fingerprint density at radius 1 is 1.12 bits per heavy atom. The average molecular weight is 485 g/mol. The van der Waals surface area contributed by atoms with Crippen LogP contribution in [-0.2, 0) is 27.8 Å². The lowest BCUT2D eigenvalue weighted by molar-refractivity contribution is -0.173. The maximum absolute atomic E-state index is 14.0. The molecular weight excluding hydrogens is 460 g/mol. The third-order valence-electron chi connectivity index (χ3n) is 6.13. The number of rotatable bonds is 6. The third-order valence-corrected chi connectivity index (χ3v) is 8.07. The molecule has 0 spiro atoms. The van der Waals surface area contributed by atoms with Gasteiger partial charge in [0.05, 0.1) is 4.90 Å². The molecule has 0 radical (unpaired) electrons. The second-order valence-corrected chi connectivity index (χ2v) is 10.3. The highest BCUT2D eigenvalue weighted by atomic mass is 32.2. The Balaban J connectivity index is 1.69. The fourth-order valence-corrected chi connectivity index (χ4v) is 5.92. The summed E-state index contributed by atoms with van der Waals surface area (Å²) in [5, 5.41) is 0. The van der Waals surface area contributed by atoms with Gasteiger partial charge in [0.25, 0.3) is 0 Å². The SMILES string of the molecule is CCN([C@H](c1ccc(F)cc1)C(F)(F)F)S(=O)(=O)c1ccc2c(c1)CN(C(=O)C1CC1)CC2. The zero-order valence-electron chi connectivity index (χ0n) is 18.0. The first-order valence-corrected chi connectivity index (χ1v) is 12.2. The van der Waals surface area contributed by atoms with E-state index >= 15 is 0 Å². The minimum atomic E-state index is -4.91. The fourth-order valence-electron chi connectivity index (χ4n) is 4.26. The van der Waals surface area contributed by atoms with Crippen LogP contribution < -0.4 is 0 Å². The van der Waals surface area contributed by atoms with Gasteiger partial charge in [-0.15, -0.1) is 0 Å². The number of hydrogen-bond donors (Lipinski definition) is 0. The number of halogens is 4. The van der Waals surface area contributed by atoms with Crippen LogP contribution in [0.3, 0.4) is 0 Å². The number of nitrogens with zero attached hydrogens (tertiary/aromatic N) is 2. The van der Waals surface area contributed by atoms with Crippen LogP contribution >= 0.6 is 0 Å². The number of alkyl halides is 3. The van der Waals surface area contributed by atoms with Crippen molar-refractivity contribution in [3.8, 4) is 0 Å². The van der Waals surface area contributed by atoms with E-state index in [0.29, 0.717) is 22.8 Å². The molecule has 1 amide bonds. The number of amides is 1. The molecule has 2 aromatic rings. The fraction of sp³-hybridized carbons (Fsp3) is 0.435. The van der Waals surface area contributed by atoms with Gasteiger partial charge >= 0.3 is 6.18 Å². The molecule has 1 aliphatic heterocycles. The lowest BCUT2D eigenvalue weighted by atomic mass is 9.99. The highest BCUT2D eigenvalue weighted by Crippen LogP contribution is 2.41. The normalized spacial score (nSPS) is 17.7. The molecule has 4 rings (SSSR count). The van der Waals surface area contributed by atoms with Gasteiger partial charge in [-0.1, -0.05) is 25.1 Å². The van der Waals surface area contributed by atoms with Crippen LogP contribution in [0.1, 0.15) is 42.5 Å². The van der Waals surface area contributed by atoms with Gasteiger partial charge in [0.15, 0.2) is 0 Å². The summed E-state index contributed by atoms with van der Waals surface area (Å²) >= 11 is 0. The minimum Gasteiger partial charge on any atom is -0.338 e. The average Bonchev–Trinajstić information content (AvgIpc) is 3.61. The Morgan fingerprint density at radius 2 is 1.79 bits per heavy atom. The molecule has 0 saturated heterocycles. The van der Waals surface area contributed by atoms with E-state index < -0.39 is 34.6 Å². The molecule has 0 N–H and O–H groups in total. The van der Waals surface area contributed by atoms with E-state index in [0.717, 1.165) is 42.7 Å². The molecule has 2 aromatic carbocycles. The van der Waals surface area contributed by atoms with Gasteiger partial charge in [-0.25, -0.2) is 12.8 Å². The van der Waals surface area contributed by atoms with Crippen molar-refractivity contribution >= 4 is 15.9 Å². The highest BCUT2D eigenvalue weighted by Gasteiger charge is 2.48. The smallest absolute Gasteiger partial charge is 0.338 e. The molecule has 5 nitrogen and oxygen atoms in total. The summed E-state index contributed by atoms with van der Waals surface area (Å²) in [4.78, 5) is 13.9. The number of hydrogen-bond acceptors (Lipinski definition) is 3. The van der Waals surface area contributed by atoms with Crippen LogP contribution in [0.2, 0.25) is 0 Å². The predicted molar refractivity (Wildman–Crippen MR) is 113 cm³/mol. The molecule has 1 aliphatic carbocycles. The van der Waals surface area contributed by atoms with Crippen LogP contribution in [0, 0.1) is 11.7 Å². The summed E-state index contributed by atoms with van der Waals surface area (Å²) in [5.41, 5.74) is 1.13. The van der Waals surface area contributed by atoms with Crippen molar-refractivity contribution in [1.29, 1.82) is 0 Å². The quantitative estimate of drug-likeness (QED) is 0.570. The topological polar surface area (TPSA) is 57.7 Å². The summed E-state index contributed by atoms with van der Waals surface area (Å²) in [6.07, 6.45) is -2.65. The molecule has 33 heavy (non-hydrogen) atoms. The lowest BCUT2D eigenvalue weighted by Gasteiger charge is -2.33. The van der Waals surface area contributed by atoms with E-state index in [9.17, 15) is 30.8 Å². The predicted octanol–water partition coefficient (Wildman–Crippen LogP) is 4.43. The summed E-state index contributed by atoms with van der Waals surface area (Å²) in [6, 6.07) is 5.47. The van der Waals surface area contributed by atoms with E-state index in [1.807, 2.05) is 0 Å². The van der Waals surface area contributed by atoms with Crippen molar-refractivity contribution in [3.05, 3.63) is 65.0 Å². The van der Waals surface area contributed by atoms with Crippen LogP contribution in [0.25, 0.3) is 0 Å².